The number of amides is 1. The van der Waals surface area contributed by atoms with Gasteiger partial charge in [0.25, 0.3) is 0 Å². The van der Waals surface area contributed by atoms with E-state index in [1.54, 1.807) is 16.9 Å². The van der Waals surface area contributed by atoms with Crippen LogP contribution in [0.3, 0.4) is 0 Å². The van der Waals surface area contributed by atoms with E-state index in [0.29, 0.717) is 62.2 Å². The van der Waals surface area contributed by atoms with Crippen LogP contribution >= 0.6 is 11.8 Å². The lowest BCUT2D eigenvalue weighted by atomic mass is 9.94. The van der Waals surface area contributed by atoms with Gasteiger partial charge in [0.1, 0.15) is 11.7 Å². The fourth-order valence-corrected chi connectivity index (χ4v) is 6.01. The summed E-state index contributed by atoms with van der Waals surface area (Å²) in [5.41, 5.74) is -0.0944. The Kier molecular flexibility index (Phi) is 9.19. The van der Waals surface area contributed by atoms with Crippen LogP contribution in [0.5, 0.6) is 0 Å². The molecule has 2 aliphatic heterocycles. The second-order valence-electron chi connectivity index (χ2n) is 9.26. The summed E-state index contributed by atoms with van der Waals surface area (Å²) in [4.78, 5) is 15.6. The van der Waals surface area contributed by atoms with E-state index in [2.05, 4.69) is 17.2 Å². The highest BCUT2D eigenvalue weighted by Crippen LogP contribution is 2.48. The van der Waals surface area contributed by atoms with Crippen LogP contribution < -0.4 is 10.6 Å². The van der Waals surface area contributed by atoms with E-state index in [0.717, 1.165) is 18.2 Å². The number of benzene rings is 2. The third kappa shape index (κ3) is 6.56. The molecule has 0 aromatic heterocycles. The minimum Gasteiger partial charge on any atom is -0.383 e. The second kappa shape index (κ2) is 12.4. The maximum atomic E-state index is 14.6. The lowest BCUT2D eigenvalue weighted by Crippen LogP contribution is -2.50. The van der Waals surface area contributed by atoms with E-state index >= 15 is 0 Å². The molecule has 12 heteroatoms. The van der Waals surface area contributed by atoms with Crippen LogP contribution in [-0.2, 0) is 15.7 Å². The maximum Gasteiger partial charge on any atom is 0.417 e. The predicted molar refractivity (Wildman–Crippen MR) is 145 cm³/mol. The van der Waals surface area contributed by atoms with Gasteiger partial charge in [-0.25, -0.2) is 4.39 Å². The largest absolute Gasteiger partial charge is 0.417 e. The van der Waals surface area contributed by atoms with Crippen LogP contribution in [0.2, 0.25) is 0 Å². The lowest BCUT2D eigenvalue weighted by molar-refractivity contribution is -0.137. The molecule has 0 radical (unpaired) electrons. The van der Waals surface area contributed by atoms with Crippen LogP contribution in [-0.4, -0.2) is 86.3 Å². The zero-order valence-corrected chi connectivity index (χ0v) is 22.4. The number of piperazine rings is 1. The lowest BCUT2D eigenvalue weighted by Gasteiger charge is -2.36. The van der Waals surface area contributed by atoms with Gasteiger partial charge in [0.2, 0.25) is 5.91 Å². The number of hydrogen-bond acceptors (Lipinski definition) is 6. The molecule has 0 saturated carbocycles. The zero-order chi connectivity index (χ0) is 28.2. The summed E-state index contributed by atoms with van der Waals surface area (Å²) in [7, 11) is 1.59. The molecular weight excluding hydrogens is 534 g/mol. The number of alkyl halides is 3. The van der Waals surface area contributed by atoms with Crippen molar-refractivity contribution in [2.45, 2.75) is 17.1 Å². The number of carbonyl (C=O) groups excluding carboxylic acids is 1. The summed E-state index contributed by atoms with van der Waals surface area (Å²) >= 11 is 1.28. The first kappa shape index (κ1) is 28.9. The van der Waals surface area contributed by atoms with Crippen molar-refractivity contribution in [3.8, 4) is 11.1 Å². The quantitative estimate of drug-likeness (QED) is 0.153. The number of thioether (sulfide) groups is 1. The molecule has 0 bridgehead atoms. The second-order valence-corrected chi connectivity index (χ2v) is 10.3. The Labute approximate surface area is 229 Å². The van der Waals surface area contributed by atoms with E-state index in [1.165, 1.54) is 30.0 Å². The van der Waals surface area contributed by atoms with E-state index < -0.39 is 17.6 Å². The Bertz CT molecular complexity index is 1210. The molecule has 0 spiro atoms. The smallest absolute Gasteiger partial charge is 0.383 e. The molecule has 1 fully saturated rings. The van der Waals surface area contributed by atoms with Gasteiger partial charge in [-0.05, 0) is 29.8 Å². The summed E-state index contributed by atoms with van der Waals surface area (Å²) in [5, 5.41) is 15.6. The summed E-state index contributed by atoms with van der Waals surface area (Å²) in [6, 6.07) is 5.94. The fourth-order valence-electron chi connectivity index (χ4n) is 4.71. The Morgan fingerprint density at radius 2 is 1.90 bits per heavy atom. The summed E-state index contributed by atoms with van der Waals surface area (Å²) in [6.07, 6.45) is -3.49. The monoisotopic (exact) mass is 565 g/mol. The van der Waals surface area contributed by atoms with Gasteiger partial charge in [0.15, 0.2) is 0 Å². The average Bonchev–Trinajstić information content (AvgIpc) is 3.14. The molecule has 39 heavy (non-hydrogen) atoms. The Morgan fingerprint density at radius 3 is 2.51 bits per heavy atom. The Hall–Kier alpha value is -3.09. The normalized spacial score (nSPS) is 17.7. The fraction of sp³-hybridized carbons (Fsp3) is 0.407. The van der Waals surface area contributed by atoms with Gasteiger partial charge in [0.05, 0.1) is 17.9 Å². The van der Waals surface area contributed by atoms with Crippen molar-refractivity contribution < 1.29 is 27.1 Å². The van der Waals surface area contributed by atoms with Crippen LogP contribution in [0, 0.1) is 11.2 Å². The van der Waals surface area contributed by atoms with Gasteiger partial charge >= 0.3 is 6.18 Å². The number of nitrogens with one attached hydrogen (secondary N) is 3. The van der Waals surface area contributed by atoms with Crippen molar-refractivity contribution in [3.05, 3.63) is 59.9 Å². The molecule has 1 saturated heterocycles. The first-order chi connectivity index (χ1) is 18.6. The van der Waals surface area contributed by atoms with E-state index in [9.17, 15) is 22.4 Å². The average molecular weight is 566 g/mol. The number of amidine groups is 1. The molecular formula is C27H31F4N5O2S. The van der Waals surface area contributed by atoms with Gasteiger partial charge in [-0.15, -0.1) is 11.8 Å². The van der Waals surface area contributed by atoms with Crippen molar-refractivity contribution in [3.63, 3.8) is 0 Å². The minimum absolute atomic E-state index is 0.0366. The third-order valence-corrected chi connectivity index (χ3v) is 8.02. The van der Waals surface area contributed by atoms with E-state index in [4.69, 9.17) is 10.1 Å². The Balaban J connectivity index is 1.78. The van der Waals surface area contributed by atoms with Crippen LogP contribution in [0.1, 0.15) is 11.1 Å². The highest BCUT2D eigenvalue weighted by atomic mass is 32.2. The van der Waals surface area contributed by atoms with Crippen LogP contribution in [0.25, 0.3) is 11.1 Å². The number of hydrogen-bond donors (Lipinski definition) is 3. The van der Waals surface area contributed by atoms with Gasteiger partial charge in [0, 0.05) is 74.2 Å². The number of rotatable bonds is 7. The van der Waals surface area contributed by atoms with E-state index in [-0.39, 0.29) is 34.5 Å². The van der Waals surface area contributed by atoms with Crippen LogP contribution in [0.15, 0.2) is 47.9 Å². The molecule has 210 valence electrons. The number of anilines is 1. The molecule has 2 aliphatic rings. The number of nitrogens with zero attached hydrogens (tertiary/aromatic N) is 2. The van der Waals surface area contributed by atoms with Crippen molar-refractivity contribution in [1.29, 1.82) is 5.41 Å². The third-order valence-electron chi connectivity index (χ3n) is 6.75. The molecule has 2 heterocycles. The van der Waals surface area contributed by atoms with Crippen molar-refractivity contribution in [1.82, 2.24) is 15.1 Å². The topological polar surface area (TPSA) is 80.7 Å². The summed E-state index contributed by atoms with van der Waals surface area (Å²) in [5.74, 6) is -0.330. The van der Waals surface area contributed by atoms with Crippen molar-refractivity contribution in [2.75, 3.05) is 64.1 Å². The summed E-state index contributed by atoms with van der Waals surface area (Å²) < 4.78 is 62.5. The van der Waals surface area contributed by atoms with Gasteiger partial charge < -0.3 is 25.2 Å². The minimum atomic E-state index is -4.72. The van der Waals surface area contributed by atoms with Crippen LogP contribution in [0.4, 0.5) is 23.2 Å². The highest BCUT2D eigenvalue weighted by Gasteiger charge is 2.39. The van der Waals surface area contributed by atoms with E-state index in [1.807, 2.05) is 0 Å². The molecule has 1 atom stereocenters. The number of ether oxygens (including phenoxy) is 1. The standard InChI is InChI=1S/C27H31F4N5O2S/c1-3-22(37)35-9-11-36(12-10-35)26(32)20-14-21(27(29,30)31)23(17-4-6-18(28)7-5-17)25-24(20)34-15-19(16-39-25)33-8-13-38-2/h3-7,14,19,32-34H,1,8-13,15-16H2,2H3. The number of halogens is 4. The molecule has 0 aliphatic carbocycles. The first-order valence-electron chi connectivity index (χ1n) is 12.5. The maximum absolute atomic E-state index is 14.6. The Morgan fingerprint density at radius 1 is 1.23 bits per heavy atom. The molecule has 1 unspecified atom stereocenters. The molecule has 3 N–H and O–H groups in total. The zero-order valence-electron chi connectivity index (χ0n) is 21.5. The van der Waals surface area contributed by atoms with Gasteiger partial charge in [-0.2, -0.15) is 13.2 Å². The number of methoxy groups -OCH3 is 1. The number of carbonyl (C=O) groups is 1. The molecule has 2 aromatic rings. The van der Waals surface area contributed by atoms with Crippen molar-refractivity contribution >= 4 is 29.2 Å². The summed E-state index contributed by atoms with van der Waals surface area (Å²) in [6.45, 7) is 6.28. The molecule has 1 amide bonds. The predicted octanol–water partition coefficient (Wildman–Crippen LogP) is 4.29. The SMILES string of the molecule is C=CC(=O)N1CCN(C(=N)c2cc(C(F)(F)F)c(-c3ccc(F)cc3)c3c2NCC(NCCOC)CS3)CC1. The molecule has 7 nitrogen and oxygen atoms in total. The highest BCUT2D eigenvalue weighted by molar-refractivity contribution is 7.99. The molecule has 4 rings (SSSR count). The number of fused-ring (bicyclic) bond motifs is 1. The van der Waals surface area contributed by atoms with Gasteiger partial charge in [-0.1, -0.05) is 18.7 Å². The van der Waals surface area contributed by atoms with Crippen molar-refractivity contribution in [2.24, 2.45) is 0 Å². The molecule has 2 aromatic carbocycles. The first-order valence-corrected chi connectivity index (χ1v) is 13.5. The van der Waals surface area contributed by atoms with Gasteiger partial charge in [-0.3, -0.25) is 10.2 Å².